The summed E-state index contributed by atoms with van der Waals surface area (Å²) >= 11 is 0. The number of carbonyl (C=O) groups excluding carboxylic acids is 2. The lowest BCUT2D eigenvalue weighted by Gasteiger charge is -2.14. The van der Waals surface area contributed by atoms with Crippen molar-refractivity contribution < 1.29 is 14.3 Å². The van der Waals surface area contributed by atoms with E-state index in [1.54, 1.807) is 25.3 Å². The smallest absolute Gasteiger partial charge is 0.340 e. The minimum atomic E-state index is -0.363. The van der Waals surface area contributed by atoms with Crippen LogP contribution in [0.5, 0.6) is 0 Å². The maximum Gasteiger partial charge on any atom is 0.340 e. The molecule has 6 nitrogen and oxygen atoms in total. The standard InChI is InChI=1S/C27H25N3O3/c1-4-33-27(32)24-13-7-8-15-25(24)30-18(2)16-21(19(30)3)17-28-29-26(31)23-14-9-11-20-10-5-6-12-22(20)23/h5-17H,4H2,1-3H3,(H,29,31)/b28-17-. The van der Waals surface area contributed by atoms with Crippen LogP contribution < -0.4 is 5.43 Å². The van der Waals surface area contributed by atoms with Crippen LogP contribution in [0.2, 0.25) is 0 Å². The molecule has 0 saturated heterocycles. The topological polar surface area (TPSA) is 72.7 Å². The molecule has 4 aromatic rings. The molecule has 0 unspecified atom stereocenters. The minimum Gasteiger partial charge on any atom is -0.462 e. The first-order chi connectivity index (χ1) is 16.0. The second-order valence-electron chi connectivity index (χ2n) is 7.63. The Morgan fingerprint density at radius 2 is 1.67 bits per heavy atom. The van der Waals surface area contributed by atoms with Gasteiger partial charge in [0, 0.05) is 22.5 Å². The summed E-state index contributed by atoms with van der Waals surface area (Å²) in [6.45, 7) is 6.00. The molecule has 0 saturated carbocycles. The van der Waals surface area contributed by atoms with Crippen LogP contribution in [0.1, 0.15) is 44.6 Å². The van der Waals surface area contributed by atoms with Crippen molar-refractivity contribution in [2.45, 2.75) is 20.8 Å². The molecule has 6 heteroatoms. The van der Waals surface area contributed by atoms with E-state index in [2.05, 4.69) is 10.5 Å². The van der Waals surface area contributed by atoms with Gasteiger partial charge in [0.2, 0.25) is 0 Å². The molecule has 0 bridgehead atoms. The van der Waals surface area contributed by atoms with Crippen molar-refractivity contribution in [3.05, 3.63) is 101 Å². The lowest BCUT2D eigenvalue weighted by molar-refractivity contribution is 0.0526. The number of benzene rings is 3. The van der Waals surface area contributed by atoms with Gasteiger partial charge >= 0.3 is 5.97 Å². The van der Waals surface area contributed by atoms with Crippen LogP contribution in [0.4, 0.5) is 0 Å². The van der Waals surface area contributed by atoms with E-state index in [-0.39, 0.29) is 11.9 Å². The summed E-state index contributed by atoms with van der Waals surface area (Å²) in [6, 6.07) is 22.7. The number of para-hydroxylation sites is 1. The van der Waals surface area contributed by atoms with E-state index in [1.807, 2.05) is 79.1 Å². The highest BCUT2D eigenvalue weighted by Crippen LogP contribution is 2.23. The number of hydrogen-bond acceptors (Lipinski definition) is 4. The summed E-state index contributed by atoms with van der Waals surface area (Å²) in [5.74, 6) is -0.636. The van der Waals surface area contributed by atoms with Crippen LogP contribution in [0.25, 0.3) is 16.5 Å². The third-order valence-electron chi connectivity index (χ3n) is 5.51. The minimum absolute atomic E-state index is 0.274. The third-order valence-corrected chi connectivity index (χ3v) is 5.51. The van der Waals surface area contributed by atoms with Crippen LogP contribution >= 0.6 is 0 Å². The summed E-state index contributed by atoms with van der Waals surface area (Å²) < 4.78 is 7.20. The monoisotopic (exact) mass is 439 g/mol. The van der Waals surface area contributed by atoms with E-state index in [0.717, 1.165) is 33.4 Å². The van der Waals surface area contributed by atoms with E-state index in [4.69, 9.17) is 4.74 Å². The van der Waals surface area contributed by atoms with Gasteiger partial charge in [0.1, 0.15) is 0 Å². The molecule has 3 aromatic carbocycles. The first-order valence-electron chi connectivity index (χ1n) is 10.8. The SMILES string of the molecule is CCOC(=O)c1ccccc1-n1c(C)cc(/C=N\NC(=O)c2cccc3ccccc23)c1C. The molecule has 1 heterocycles. The van der Waals surface area contributed by atoms with Gasteiger partial charge in [-0.05, 0) is 55.8 Å². The zero-order valence-electron chi connectivity index (χ0n) is 18.8. The molecule has 0 fully saturated rings. The van der Waals surface area contributed by atoms with Crippen molar-refractivity contribution in [2.75, 3.05) is 6.61 Å². The van der Waals surface area contributed by atoms with E-state index in [1.165, 1.54) is 0 Å². The zero-order chi connectivity index (χ0) is 23.4. The number of fused-ring (bicyclic) bond motifs is 1. The van der Waals surface area contributed by atoms with Crippen molar-refractivity contribution in [1.82, 2.24) is 9.99 Å². The van der Waals surface area contributed by atoms with Crippen molar-refractivity contribution in [1.29, 1.82) is 0 Å². The number of hydrogen-bond donors (Lipinski definition) is 1. The van der Waals surface area contributed by atoms with E-state index in [0.29, 0.717) is 17.7 Å². The second-order valence-corrected chi connectivity index (χ2v) is 7.63. The molecule has 166 valence electrons. The van der Waals surface area contributed by atoms with E-state index >= 15 is 0 Å². The number of hydrazone groups is 1. The maximum atomic E-state index is 12.7. The van der Waals surface area contributed by atoms with E-state index in [9.17, 15) is 9.59 Å². The fraction of sp³-hybridized carbons (Fsp3) is 0.148. The first-order valence-corrected chi connectivity index (χ1v) is 10.8. The lowest BCUT2D eigenvalue weighted by atomic mass is 10.0. The number of nitrogens with one attached hydrogen (secondary N) is 1. The zero-order valence-corrected chi connectivity index (χ0v) is 18.8. The number of amides is 1. The fourth-order valence-corrected chi connectivity index (χ4v) is 3.98. The molecule has 0 aliphatic heterocycles. The van der Waals surface area contributed by atoms with Gasteiger partial charge in [-0.3, -0.25) is 4.79 Å². The van der Waals surface area contributed by atoms with Gasteiger partial charge in [-0.1, -0.05) is 48.5 Å². The average Bonchev–Trinajstić information content (AvgIpc) is 3.11. The largest absolute Gasteiger partial charge is 0.462 e. The number of rotatable bonds is 6. The number of nitrogens with zero attached hydrogens (tertiary/aromatic N) is 2. The van der Waals surface area contributed by atoms with Crippen molar-refractivity contribution >= 4 is 28.9 Å². The van der Waals surface area contributed by atoms with Crippen LogP contribution in [0.15, 0.2) is 77.9 Å². The van der Waals surface area contributed by atoms with Crippen LogP contribution in [0, 0.1) is 13.8 Å². The summed E-state index contributed by atoms with van der Waals surface area (Å²) in [5, 5.41) is 6.07. The highest BCUT2D eigenvalue weighted by molar-refractivity contribution is 6.07. The predicted octanol–water partition coefficient (Wildman–Crippen LogP) is 5.19. The number of carbonyl (C=O) groups is 2. The van der Waals surface area contributed by atoms with Crippen molar-refractivity contribution in [3.63, 3.8) is 0 Å². The highest BCUT2D eigenvalue weighted by Gasteiger charge is 2.17. The molecule has 4 rings (SSSR count). The Morgan fingerprint density at radius 1 is 0.970 bits per heavy atom. The Kier molecular flexibility index (Phi) is 6.36. The lowest BCUT2D eigenvalue weighted by Crippen LogP contribution is -2.18. The van der Waals surface area contributed by atoms with E-state index < -0.39 is 0 Å². The summed E-state index contributed by atoms with van der Waals surface area (Å²) in [6.07, 6.45) is 1.62. The van der Waals surface area contributed by atoms with Crippen LogP contribution in [-0.2, 0) is 4.74 Å². The Hall–Kier alpha value is -4.19. The Labute approximate surface area is 192 Å². The van der Waals surface area contributed by atoms with Gasteiger partial charge in [0.05, 0.1) is 24.1 Å². The molecule has 1 amide bonds. The number of aryl methyl sites for hydroxylation is 1. The third kappa shape index (κ3) is 4.41. The molecule has 0 atom stereocenters. The maximum absolute atomic E-state index is 12.7. The molecule has 0 spiro atoms. The molecular weight excluding hydrogens is 414 g/mol. The van der Waals surface area contributed by atoms with Crippen molar-refractivity contribution in [3.8, 4) is 5.69 Å². The van der Waals surface area contributed by atoms with Gasteiger partial charge in [-0.25, -0.2) is 10.2 Å². The molecule has 0 radical (unpaired) electrons. The quantitative estimate of drug-likeness (QED) is 0.255. The normalized spacial score (nSPS) is 11.1. The number of esters is 1. The predicted molar refractivity (Wildman–Crippen MR) is 130 cm³/mol. The summed E-state index contributed by atoms with van der Waals surface area (Å²) in [4.78, 5) is 25.2. The second kappa shape index (κ2) is 9.53. The van der Waals surface area contributed by atoms with Crippen LogP contribution in [0.3, 0.4) is 0 Å². The molecular formula is C27H25N3O3. The average molecular weight is 440 g/mol. The molecule has 0 aliphatic carbocycles. The van der Waals surface area contributed by atoms with Crippen LogP contribution in [-0.4, -0.2) is 29.3 Å². The number of aromatic nitrogens is 1. The summed E-state index contributed by atoms with van der Waals surface area (Å²) in [7, 11) is 0. The summed E-state index contributed by atoms with van der Waals surface area (Å²) in [5.41, 5.74) is 7.10. The Bertz CT molecular complexity index is 1360. The van der Waals surface area contributed by atoms with Gasteiger partial charge in [-0.15, -0.1) is 0 Å². The van der Waals surface area contributed by atoms with Gasteiger partial charge in [0.15, 0.2) is 0 Å². The van der Waals surface area contributed by atoms with Gasteiger partial charge in [-0.2, -0.15) is 5.10 Å². The molecule has 1 N–H and O–H groups in total. The fourth-order valence-electron chi connectivity index (χ4n) is 3.98. The Morgan fingerprint density at radius 3 is 2.48 bits per heavy atom. The Balaban J connectivity index is 1.60. The molecule has 1 aromatic heterocycles. The van der Waals surface area contributed by atoms with Gasteiger partial charge in [0.25, 0.3) is 5.91 Å². The first kappa shape index (κ1) is 22.0. The highest BCUT2D eigenvalue weighted by atomic mass is 16.5. The molecule has 33 heavy (non-hydrogen) atoms. The number of ether oxygens (including phenoxy) is 1. The van der Waals surface area contributed by atoms with Gasteiger partial charge < -0.3 is 9.30 Å². The molecule has 0 aliphatic rings. The van der Waals surface area contributed by atoms with Crippen molar-refractivity contribution in [2.24, 2.45) is 5.10 Å².